The van der Waals surface area contributed by atoms with E-state index in [1.807, 2.05) is 23.7 Å². The zero-order valence-electron chi connectivity index (χ0n) is 10.1. The first-order valence-corrected chi connectivity index (χ1v) is 6.84. The highest BCUT2D eigenvalue weighted by molar-refractivity contribution is 7.07. The summed E-state index contributed by atoms with van der Waals surface area (Å²) in [4.78, 5) is 8.97. The fourth-order valence-electron chi connectivity index (χ4n) is 2.12. The van der Waals surface area contributed by atoms with Crippen molar-refractivity contribution in [3.63, 3.8) is 0 Å². The minimum atomic E-state index is 0.753. The number of anilines is 1. The van der Waals surface area contributed by atoms with Crippen molar-refractivity contribution < 1.29 is 0 Å². The van der Waals surface area contributed by atoms with Gasteiger partial charge in [-0.3, -0.25) is 0 Å². The smallest absolute Gasteiger partial charge is 0.109 e. The first-order valence-electron chi connectivity index (χ1n) is 5.89. The van der Waals surface area contributed by atoms with Crippen LogP contribution in [-0.4, -0.2) is 14.5 Å². The van der Waals surface area contributed by atoms with Gasteiger partial charge in [-0.25, -0.2) is 9.97 Å². The quantitative estimate of drug-likeness (QED) is 0.735. The maximum Gasteiger partial charge on any atom is 0.109 e. The van der Waals surface area contributed by atoms with Gasteiger partial charge in [-0.2, -0.15) is 0 Å². The molecule has 0 spiro atoms. The summed E-state index contributed by atoms with van der Waals surface area (Å²) in [5.41, 5.74) is 11.6. The number of aryl methyl sites for hydroxylation is 1. The summed E-state index contributed by atoms with van der Waals surface area (Å²) in [7, 11) is 0. The minimum Gasteiger partial charge on any atom is -0.399 e. The van der Waals surface area contributed by atoms with Crippen LogP contribution >= 0.6 is 11.3 Å². The first kappa shape index (κ1) is 11.2. The fourth-order valence-corrected chi connectivity index (χ4v) is 2.67. The SMILES string of the molecule is CCc1nc2cc(N)ccc2n1Cc1cscn1. The molecule has 0 unspecified atom stereocenters. The van der Waals surface area contributed by atoms with E-state index in [1.54, 1.807) is 11.3 Å². The van der Waals surface area contributed by atoms with E-state index >= 15 is 0 Å². The van der Waals surface area contributed by atoms with Gasteiger partial charge in [0.1, 0.15) is 5.82 Å². The Morgan fingerprint density at radius 3 is 3.00 bits per heavy atom. The Kier molecular flexibility index (Phi) is 2.76. The largest absolute Gasteiger partial charge is 0.399 e. The second kappa shape index (κ2) is 4.42. The molecule has 4 nitrogen and oxygen atoms in total. The molecule has 0 atom stereocenters. The van der Waals surface area contributed by atoms with E-state index in [9.17, 15) is 0 Å². The summed E-state index contributed by atoms with van der Waals surface area (Å²) in [6.07, 6.45) is 0.902. The number of nitrogens with two attached hydrogens (primary N) is 1. The second-order valence-corrected chi connectivity index (χ2v) is 4.91. The normalized spacial score (nSPS) is 11.2. The average Bonchev–Trinajstić information content (AvgIpc) is 2.97. The van der Waals surface area contributed by atoms with Gasteiger partial charge in [-0.1, -0.05) is 6.92 Å². The first-order chi connectivity index (χ1) is 8.78. The summed E-state index contributed by atoms with van der Waals surface area (Å²) in [6.45, 7) is 2.88. The summed E-state index contributed by atoms with van der Waals surface area (Å²) >= 11 is 1.62. The molecule has 0 bridgehead atoms. The van der Waals surface area contributed by atoms with E-state index in [0.29, 0.717) is 0 Å². The lowest BCUT2D eigenvalue weighted by Gasteiger charge is -2.05. The number of thiazole rings is 1. The van der Waals surface area contributed by atoms with Crippen LogP contribution in [0.1, 0.15) is 18.4 Å². The molecule has 0 saturated carbocycles. The summed E-state index contributed by atoms with van der Waals surface area (Å²) in [6, 6.07) is 5.87. The Morgan fingerprint density at radius 1 is 1.39 bits per heavy atom. The molecule has 18 heavy (non-hydrogen) atoms. The number of aromatic nitrogens is 3. The number of rotatable bonds is 3. The molecule has 1 aromatic carbocycles. The van der Waals surface area contributed by atoms with Crippen molar-refractivity contribution >= 4 is 28.1 Å². The fraction of sp³-hybridized carbons (Fsp3) is 0.231. The van der Waals surface area contributed by atoms with Gasteiger partial charge in [0.15, 0.2) is 0 Å². The average molecular weight is 258 g/mol. The molecule has 0 amide bonds. The van der Waals surface area contributed by atoms with Crippen LogP contribution in [-0.2, 0) is 13.0 Å². The number of nitrogens with zero attached hydrogens (tertiary/aromatic N) is 3. The van der Waals surface area contributed by atoms with Crippen molar-refractivity contribution in [1.29, 1.82) is 0 Å². The third-order valence-corrected chi connectivity index (χ3v) is 3.61. The van der Waals surface area contributed by atoms with Crippen LogP contribution in [0.15, 0.2) is 29.1 Å². The van der Waals surface area contributed by atoms with Crippen LogP contribution in [0.5, 0.6) is 0 Å². The number of hydrogen-bond acceptors (Lipinski definition) is 4. The Balaban J connectivity index is 2.13. The monoisotopic (exact) mass is 258 g/mol. The van der Waals surface area contributed by atoms with E-state index in [0.717, 1.165) is 41.2 Å². The maximum absolute atomic E-state index is 5.80. The van der Waals surface area contributed by atoms with E-state index in [2.05, 4.69) is 26.8 Å². The van der Waals surface area contributed by atoms with Gasteiger partial charge in [-0.05, 0) is 18.2 Å². The lowest BCUT2D eigenvalue weighted by molar-refractivity contribution is 0.740. The van der Waals surface area contributed by atoms with E-state index in [1.165, 1.54) is 0 Å². The topological polar surface area (TPSA) is 56.7 Å². The molecule has 3 aromatic rings. The molecule has 2 aromatic heterocycles. The third-order valence-electron chi connectivity index (χ3n) is 2.97. The number of nitrogen functional groups attached to an aromatic ring is 1. The molecule has 2 N–H and O–H groups in total. The zero-order chi connectivity index (χ0) is 12.5. The van der Waals surface area contributed by atoms with Crippen LogP contribution in [0.2, 0.25) is 0 Å². The predicted molar refractivity (Wildman–Crippen MR) is 74.7 cm³/mol. The number of hydrogen-bond donors (Lipinski definition) is 1. The Labute approximate surface area is 109 Å². The molecule has 0 radical (unpaired) electrons. The van der Waals surface area contributed by atoms with Gasteiger partial charge < -0.3 is 10.3 Å². The van der Waals surface area contributed by atoms with Gasteiger partial charge >= 0.3 is 0 Å². The molecular weight excluding hydrogens is 244 g/mol. The Bertz CT molecular complexity index is 670. The van der Waals surface area contributed by atoms with Crippen LogP contribution in [0.4, 0.5) is 5.69 Å². The van der Waals surface area contributed by atoms with Crippen LogP contribution < -0.4 is 5.73 Å². The highest BCUT2D eigenvalue weighted by atomic mass is 32.1. The lowest BCUT2D eigenvalue weighted by atomic mass is 10.3. The van der Waals surface area contributed by atoms with Crippen molar-refractivity contribution in [2.45, 2.75) is 19.9 Å². The van der Waals surface area contributed by atoms with E-state index < -0.39 is 0 Å². The molecule has 5 heteroatoms. The van der Waals surface area contributed by atoms with Gasteiger partial charge in [0.25, 0.3) is 0 Å². The van der Waals surface area contributed by atoms with Gasteiger partial charge in [0, 0.05) is 17.5 Å². The lowest BCUT2D eigenvalue weighted by Crippen LogP contribution is -2.04. The van der Waals surface area contributed by atoms with Crippen molar-refractivity contribution in [2.75, 3.05) is 5.73 Å². The molecule has 92 valence electrons. The molecule has 0 aliphatic carbocycles. The highest BCUT2D eigenvalue weighted by Gasteiger charge is 2.10. The van der Waals surface area contributed by atoms with Crippen molar-refractivity contribution in [3.05, 3.63) is 40.6 Å². The molecule has 0 saturated heterocycles. The zero-order valence-corrected chi connectivity index (χ0v) is 10.9. The van der Waals surface area contributed by atoms with Crippen LogP contribution in [0, 0.1) is 0 Å². The standard InChI is InChI=1S/C13H14N4S/c1-2-13-16-11-5-9(14)3-4-12(11)17(13)6-10-7-18-8-15-10/h3-5,7-8H,2,6,14H2,1H3. The number of imidazole rings is 1. The van der Waals surface area contributed by atoms with E-state index in [-0.39, 0.29) is 0 Å². The summed E-state index contributed by atoms with van der Waals surface area (Å²) in [5.74, 6) is 1.07. The van der Waals surface area contributed by atoms with Crippen LogP contribution in [0.3, 0.4) is 0 Å². The minimum absolute atomic E-state index is 0.753. The predicted octanol–water partition coefficient (Wildman–Crippen LogP) is 2.69. The van der Waals surface area contributed by atoms with Crippen LogP contribution in [0.25, 0.3) is 11.0 Å². The summed E-state index contributed by atoms with van der Waals surface area (Å²) < 4.78 is 2.21. The molecular formula is C13H14N4S. The highest BCUT2D eigenvalue weighted by Crippen LogP contribution is 2.20. The van der Waals surface area contributed by atoms with Crippen molar-refractivity contribution in [2.24, 2.45) is 0 Å². The van der Waals surface area contributed by atoms with Gasteiger partial charge in [0.2, 0.25) is 0 Å². The second-order valence-electron chi connectivity index (χ2n) is 4.20. The molecule has 3 rings (SSSR count). The molecule has 0 fully saturated rings. The Morgan fingerprint density at radius 2 is 2.28 bits per heavy atom. The Hall–Kier alpha value is -1.88. The van der Waals surface area contributed by atoms with Crippen molar-refractivity contribution in [1.82, 2.24) is 14.5 Å². The van der Waals surface area contributed by atoms with E-state index in [4.69, 9.17) is 5.73 Å². The molecule has 2 heterocycles. The van der Waals surface area contributed by atoms with Crippen molar-refractivity contribution in [3.8, 4) is 0 Å². The third kappa shape index (κ3) is 1.86. The maximum atomic E-state index is 5.80. The number of benzene rings is 1. The molecule has 0 aliphatic rings. The number of fused-ring (bicyclic) bond motifs is 1. The molecule has 0 aliphatic heterocycles. The summed E-state index contributed by atoms with van der Waals surface area (Å²) in [5, 5.41) is 2.07. The van der Waals surface area contributed by atoms with Gasteiger partial charge in [0.05, 0.1) is 28.8 Å². The van der Waals surface area contributed by atoms with Gasteiger partial charge in [-0.15, -0.1) is 11.3 Å².